The Balaban J connectivity index is 1.70. The van der Waals surface area contributed by atoms with E-state index in [4.69, 9.17) is 21.1 Å². The summed E-state index contributed by atoms with van der Waals surface area (Å²) >= 11 is 5.86. The standard InChI is InChI=1S/C28H26ClN3O4/c1-4-35-26-15-20(14-21(16-30)28(34)32-23-10-7-22(29)8-11-23)6-12-25(26)36-17-27(33)31-24-9-5-18(2)19(3)13-24/h5-15H,4,17H2,1-3H3,(H,31,33)(H,32,34)/b21-14-. The van der Waals surface area contributed by atoms with Crippen LogP contribution in [0.4, 0.5) is 11.4 Å². The molecule has 8 heteroatoms. The Morgan fingerprint density at radius 2 is 1.64 bits per heavy atom. The van der Waals surface area contributed by atoms with Gasteiger partial charge in [-0.25, -0.2) is 0 Å². The summed E-state index contributed by atoms with van der Waals surface area (Å²) in [6.45, 7) is 5.95. The largest absolute Gasteiger partial charge is 0.490 e. The average Bonchev–Trinajstić information content (AvgIpc) is 2.85. The van der Waals surface area contributed by atoms with Gasteiger partial charge in [-0.15, -0.1) is 0 Å². The lowest BCUT2D eigenvalue weighted by Gasteiger charge is -2.13. The van der Waals surface area contributed by atoms with Crippen molar-refractivity contribution in [2.24, 2.45) is 0 Å². The summed E-state index contributed by atoms with van der Waals surface area (Å²) < 4.78 is 11.3. The number of nitrogens with one attached hydrogen (secondary N) is 2. The molecule has 0 aromatic heterocycles. The highest BCUT2D eigenvalue weighted by molar-refractivity contribution is 6.30. The number of nitrogens with zero attached hydrogens (tertiary/aromatic N) is 1. The third kappa shape index (κ3) is 7.36. The molecule has 0 bridgehead atoms. The van der Waals surface area contributed by atoms with E-state index in [1.54, 1.807) is 42.5 Å². The van der Waals surface area contributed by atoms with Gasteiger partial charge in [-0.3, -0.25) is 9.59 Å². The second-order valence-electron chi connectivity index (χ2n) is 7.91. The quantitative estimate of drug-likeness (QED) is 0.279. The lowest BCUT2D eigenvalue weighted by atomic mass is 10.1. The second-order valence-corrected chi connectivity index (χ2v) is 8.34. The number of aryl methyl sites for hydroxylation is 2. The fourth-order valence-electron chi connectivity index (χ4n) is 3.21. The lowest BCUT2D eigenvalue weighted by molar-refractivity contribution is -0.118. The van der Waals surface area contributed by atoms with Gasteiger partial charge in [-0.1, -0.05) is 23.7 Å². The van der Waals surface area contributed by atoms with Gasteiger partial charge in [-0.2, -0.15) is 5.26 Å². The summed E-state index contributed by atoms with van der Waals surface area (Å²) in [5.74, 6) is -0.106. The summed E-state index contributed by atoms with van der Waals surface area (Å²) in [5.41, 5.74) is 3.90. The fraction of sp³-hybridized carbons (Fsp3) is 0.179. The maximum absolute atomic E-state index is 12.5. The van der Waals surface area contributed by atoms with Crippen LogP contribution >= 0.6 is 11.6 Å². The minimum absolute atomic E-state index is 0.0890. The molecule has 2 N–H and O–H groups in total. The highest BCUT2D eigenvalue weighted by Crippen LogP contribution is 2.29. The zero-order chi connectivity index (χ0) is 26.1. The monoisotopic (exact) mass is 503 g/mol. The van der Waals surface area contributed by atoms with Crippen molar-refractivity contribution in [1.29, 1.82) is 5.26 Å². The van der Waals surface area contributed by atoms with Crippen LogP contribution in [0.25, 0.3) is 6.08 Å². The first-order chi connectivity index (χ1) is 17.3. The minimum Gasteiger partial charge on any atom is -0.490 e. The Morgan fingerprint density at radius 1 is 0.917 bits per heavy atom. The molecule has 3 aromatic rings. The summed E-state index contributed by atoms with van der Waals surface area (Å²) in [6.07, 6.45) is 1.45. The molecule has 184 valence electrons. The topological polar surface area (TPSA) is 100 Å². The van der Waals surface area contributed by atoms with Crippen molar-refractivity contribution in [1.82, 2.24) is 0 Å². The van der Waals surface area contributed by atoms with Crippen LogP contribution in [0.1, 0.15) is 23.6 Å². The maximum Gasteiger partial charge on any atom is 0.266 e. The number of amides is 2. The van der Waals surface area contributed by atoms with Gasteiger partial charge in [-0.05, 0) is 92.1 Å². The Kier molecular flexibility index (Phi) is 9.09. The first kappa shape index (κ1) is 26.3. The first-order valence-corrected chi connectivity index (χ1v) is 11.6. The smallest absolute Gasteiger partial charge is 0.266 e. The zero-order valence-electron chi connectivity index (χ0n) is 20.2. The van der Waals surface area contributed by atoms with Crippen LogP contribution in [-0.2, 0) is 9.59 Å². The fourth-order valence-corrected chi connectivity index (χ4v) is 3.33. The van der Waals surface area contributed by atoms with Crippen LogP contribution in [0.3, 0.4) is 0 Å². The van der Waals surface area contributed by atoms with Gasteiger partial charge >= 0.3 is 0 Å². The summed E-state index contributed by atoms with van der Waals surface area (Å²) in [4.78, 5) is 24.9. The molecule has 2 amide bonds. The molecule has 3 rings (SSSR count). The molecule has 3 aromatic carbocycles. The molecule has 0 atom stereocenters. The number of hydrogen-bond donors (Lipinski definition) is 2. The van der Waals surface area contributed by atoms with Crippen molar-refractivity contribution >= 4 is 40.9 Å². The van der Waals surface area contributed by atoms with Gasteiger partial charge in [0, 0.05) is 16.4 Å². The van der Waals surface area contributed by atoms with Crippen LogP contribution in [0.15, 0.2) is 66.2 Å². The predicted octanol–water partition coefficient (Wildman–Crippen LogP) is 5.92. The van der Waals surface area contributed by atoms with Crippen LogP contribution in [0.5, 0.6) is 11.5 Å². The number of rotatable bonds is 9. The maximum atomic E-state index is 12.5. The van der Waals surface area contributed by atoms with Crippen LogP contribution < -0.4 is 20.1 Å². The van der Waals surface area contributed by atoms with E-state index in [1.807, 2.05) is 45.0 Å². The Bertz CT molecular complexity index is 1330. The van der Waals surface area contributed by atoms with Crippen molar-refractivity contribution in [2.45, 2.75) is 20.8 Å². The van der Waals surface area contributed by atoms with Gasteiger partial charge in [0.05, 0.1) is 6.61 Å². The summed E-state index contributed by atoms with van der Waals surface area (Å²) in [6, 6.07) is 19.1. The number of ether oxygens (including phenoxy) is 2. The molecule has 0 fully saturated rings. The normalized spacial score (nSPS) is 10.8. The van der Waals surface area contributed by atoms with Gasteiger partial charge in [0.2, 0.25) is 0 Å². The molecular weight excluding hydrogens is 478 g/mol. The molecule has 0 saturated carbocycles. The minimum atomic E-state index is -0.555. The Morgan fingerprint density at radius 3 is 2.31 bits per heavy atom. The number of hydrogen-bond acceptors (Lipinski definition) is 5. The molecule has 36 heavy (non-hydrogen) atoms. The highest BCUT2D eigenvalue weighted by atomic mass is 35.5. The predicted molar refractivity (Wildman–Crippen MR) is 141 cm³/mol. The average molecular weight is 504 g/mol. The number of carbonyl (C=O) groups is 2. The van der Waals surface area contributed by atoms with Crippen molar-refractivity contribution in [3.8, 4) is 17.6 Å². The molecule has 7 nitrogen and oxygen atoms in total. The number of halogens is 1. The molecule has 0 saturated heterocycles. The molecule has 0 heterocycles. The Labute approximate surface area is 215 Å². The van der Waals surface area contributed by atoms with Crippen molar-refractivity contribution in [2.75, 3.05) is 23.8 Å². The SMILES string of the molecule is CCOc1cc(/C=C(/C#N)C(=O)Nc2ccc(Cl)cc2)ccc1OCC(=O)Nc1ccc(C)c(C)c1. The van der Waals surface area contributed by atoms with E-state index in [0.29, 0.717) is 40.1 Å². The van der Waals surface area contributed by atoms with E-state index in [-0.39, 0.29) is 18.1 Å². The third-order valence-corrected chi connectivity index (χ3v) is 5.45. The van der Waals surface area contributed by atoms with Gasteiger partial charge < -0.3 is 20.1 Å². The van der Waals surface area contributed by atoms with E-state index < -0.39 is 5.91 Å². The number of anilines is 2. The van der Waals surface area contributed by atoms with Crippen molar-refractivity contribution in [3.63, 3.8) is 0 Å². The van der Waals surface area contributed by atoms with Gasteiger partial charge in [0.25, 0.3) is 11.8 Å². The van der Waals surface area contributed by atoms with Crippen LogP contribution in [-0.4, -0.2) is 25.0 Å². The number of nitriles is 1. The van der Waals surface area contributed by atoms with E-state index in [0.717, 1.165) is 11.1 Å². The highest BCUT2D eigenvalue weighted by Gasteiger charge is 2.13. The molecule has 0 radical (unpaired) electrons. The van der Waals surface area contributed by atoms with Crippen molar-refractivity contribution in [3.05, 3.63) is 87.9 Å². The van der Waals surface area contributed by atoms with Gasteiger partial charge in [0.1, 0.15) is 11.6 Å². The van der Waals surface area contributed by atoms with E-state index in [2.05, 4.69) is 10.6 Å². The molecule has 0 unspecified atom stereocenters. The lowest BCUT2D eigenvalue weighted by Crippen LogP contribution is -2.20. The Hall–Kier alpha value is -4.28. The number of benzene rings is 3. The summed E-state index contributed by atoms with van der Waals surface area (Å²) in [7, 11) is 0. The second kappa shape index (κ2) is 12.4. The third-order valence-electron chi connectivity index (χ3n) is 5.20. The molecular formula is C28H26ClN3O4. The zero-order valence-corrected chi connectivity index (χ0v) is 21.0. The van der Waals surface area contributed by atoms with E-state index in [9.17, 15) is 14.9 Å². The van der Waals surface area contributed by atoms with E-state index >= 15 is 0 Å². The van der Waals surface area contributed by atoms with E-state index in [1.165, 1.54) is 6.08 Å². The van der Waals surface area contributed by atoms with Crippen LogP contribution in [0.2, 0.25) is 5.02 Å². The summed E-state index contributed by atoms with van der Waals surface area (Å²) in [5, 5.41) is 15.5. The molecule has 0 spiro atoms. The van der Waals surface area contributed by atoms with Crippen molar-refractivity contribution < 1.29 is 19.1 Å². The molecule has 0 aliphatic carbocycles. The van der Waals surface area contributed by atoms with Gasteiger partial charge in [0.15, 0.2) is 18.1 Å². The molecule has 0 aliphatic rings. The molecule has 0 aliphatic heterocycles. The number of carbonyl (C=O) groups excluding carboxylic acids is 2. The van der Waals surface area contributed by atoms with Crippen LogP contribution in [0, 0.1) is 25.2 Å². The first-order valence-electron chi connectivity index (χ1n) is 11.2.